The highest BCUT2D eigenvalue weighted by molar-refractivity contribution is 7.83. The molecule has 0 aliphatic carbocycles. The van der Waals surface area contributed by atoms with E-state index in [1.807, 2.05) is 60.8 Å². The van der Waals surface area contributed by atoms with Gasteiger partial charge in [-0.2, -0.15) is 0 Å². The van der Waals surface area contributed by atoms with Crippen LogP contribution in [0.1, 0.15) is 5.56 Å². The van der Waals surface area contributed by atoms with E-state index in [9.17, 15) is 4.21 Å². The van der Waals surface area contributed by atoms with E-state index in [-0.39, 0.29) is 0 Å². The Labute approximate surface area is 177 Å². The molecule has 0 aliphatic rings. The maximum Gasteiger partial charge on any atom is 0.158 e. The van der Waals surface area contributed by atoms with Gasteiger partial charge in [-0.05, 0) is 43.3 Å². The molecule has 5 rings (SSSR count). The molecule has 0 aliphatic heterocycles. The molecule has 4 nitrogen and oxygen atoms in total. The van der Waals surface area contributed by atoms with Crippen molar-refractivity contribution >= 4 is 22.0 Å². The van der Waals surface area contributed by atoms with E-state index in [1.165, 1.54) is 5.56 Å². The van der Waals surface area contributed by atoms with Crippen LogP contribution in [0.15, 0.2) is 102 Å². The van der Waals surface area contributed by atoms with Crippen LogP contribution < -0.4 is 0 Å². The van der Waals surface area contributed by atoms with Crippen LogP contribution in [0, 0.1) is 6.92 Å². The summed E-state index contributed by atoms with van der Waals surface area (Å²) in [5.41, 5.74) is 5.78. The molecule has 0 radical (unpaired) electrons. The zero-order chi connectivity index (χ0) is 20.5. The third-order valence-corrected chi connectivity index (χ3v) is 6.36. The molecule has 146 valence electrons. The van der Waals surface area contributed by atoms with Gasteiger partial charge >= 0.3 is 0 Å². The van der Waals surface area contributed by atoms with Crippen molar-refractivity contribution in [2.24, 2.45) is 0 Å². The fraction of sp³-hybridized carbons (Fsp3) is 0.0400. The van der Waals surface area contributed by atoms with Crippen LogP contribution >= 0.6 is 0 Å². The highest BCUT2D eigenvalue weighted by Gasteiger charge is 2.19. The Morgan fingerprint density at radius 3 is 2.43 bits per heavy atom. The van der Waals surface area contributed by atoms with Gasteiger partial charge in [0.05, 0.1) is 10.6 Å². The molecule has 2 aromatic carbocycles. The van der Waals surface area contributed by atoms with Crippen molar-refractivity contribution in [2.45, 2.75) is 11.8 Å². The molecule has 3 aromatic heterocycles. The molecular weight excluding hydrogens is 390 g/mol. The molecule has 0 saturated heterocycles. The fourth-order valence-electron chi connectivity index (χ4n) is 3.67. The van der Waals surface area contributed by atoms with Gasteiger partial charge in [0.1, 0.15) is 0 Å². The lowest BCUT2D eigenvalue weighted by atomic mass is 9.98. The van der Waals surface area contributed by atoms with E-state index in [1.54, 1.807) is 16.4 Å². The average molecular weight is 410 g/mol. The van der Waals surface area contributed by atoms with E-state index in [4.69, 9.17) is 0 Å². The number of pyridine rings is 2. The first kappa shape index (κ1) is 18.5. The molecule has 0 spiro atoms. The average Bonchev–Trinajstić information content (AvgIpc) is 3.19. The molecule has 0 fully saturated rings. The Morgan fingerprint density at radius 2 is 1.60 bits per heavy atom. The number of nitrogens with zero attached hydrogens (tertiary/aromatic N) is 3. The van der Waals surface area contributed by atoms with Crippen molar-refractivity contribution in [3.05, 3.63) is 103 Å². The number of aromatic nitrogens is 3. The lowest BCUT2D eigenvalue weighted by Gasteiger charge is -2.08. The molecule has 5 aromatic rings. The topological polar surface area (TPSA) is 47.8 Å². The predicted molar refractivity (Wildman–Crippen MR) is 121 cm³/mol. The standard InChI is InChI=1S/C25H19N3OS/c1-18-8-5-9-19(16-18)24-21(12-6-14-26-24)23-17-28(25-22(23)13-7-15-27-25)30(29)20-10-3-2-4-11-20/h2-17H,1H3. The number of fused-ring (bicyclic) bond motifs is 1. The molecular formula is C25H19N3OS. The van der Waals surface area contributed by atoms with Gasteiger partial charge < -0.3 is 0 Å². The SMILES string of the molecule is Cc1cccc(-c2ncccc2-c2cn(S(=O)c3ccccc3)c3ncccc23)c1. The Hall–Kier alpha value is -3.57. The molecule has 0 bridgehead atoms. The summed E-state index contributed by atoms with van der Waals surface area (Å²) >= 11 is 0. The molecule has 0 amide bonds. The van der Waals surface area contributed by atoms with Crippen LogP contribution in [-0.4, -0.2) is 18.1 Å². The van der Waals surface area contributed by atoms with E-state index in [2.05, 4.69) is 41.2 Å². The second kappa shape index (κ2) is 7.69. The third kappa shape index (κ3) is 3.23. The van der Waals surface area contributed by atoms with Gasteiger partial charge in [-0.15, -0.1) is 0 Å². The number of benzene rings is 2. The van der Waals surface area contributed by atoms with Crippen LogP contribution in [0.2, 0.25) is 0 Å². The highest BCUT2D eigenvalue weighted by atomic mass is 32.2. The van der Waals surface area contributed by atoms with Gasteiger partial charge in [0, 0.05) is 40.7 Å². The minimum absolute atomic E-state index is 0.689. The highest BCUT2D eigenvalue weighted by Crippen LogP contribution is 2.36. The maximum atomic E-state index is 13.3. The normalized spacial score (nSPS) is 12.2. The van der Waals surface area contributed by atoms with Gasteiger partial charge in [-0.1, -0.05) is 48.0 Å². The first-order chi connectivity index (χ1) is 14.7. The molecule has 3 heterocycles. The first-order valence-electron chi connectivity index (χ1n) is 9.68. The Morgan fingerprint density at radius 1 is 0.800 bits per heavy atom. The van der Waals surface area contributed by atoms with Crippen LogP contribution in [-0.2, 0) is 11.0 Å². The van der Waals surface area contributed by atoms with Crippen LogP contribution in [0.3, 0.4) is 0 Å². The molecule has 0 saturated carbocycles. The van der Waals surface area contributed by atoms with Gasteiger partial charge in [0.25, 0.3) is 0 Å². The molecule has 0 N–H and O–H groups in total. The summed E-state index contributed by atoms with van der Waals surface area (Å²) in [5.74, 6) is 0. The lowest BCUT2D eigenvalue weighted by Crippen LogP contribution is -2.04. The van der Waals surface area contributed by atoms with E-state index in [0.717, 1.165) is 32.7 Å². The number of rotatable bonds is 4. The second-order valence-corrected chi connectivity index (χ2v) is 8.44. The lowest BCUT2D eigenvalue weighted by molar-refractivity contribution is 0.678. The summed E-state index contributed by atoms with van der Waals surface area (Å²) in [4.78, 5) is 9.95. The minimum Gasteiger partial charge on any atom is -0.256 e. The zero-order valence-electron chi connectivity index (χ0n) is 16.4. The van der Waals surface area contributed by atoms with Crippen molar-refractivity contribution in [2.75, 3.05) is 0 Å². The second-order valence-electron chi connectivity index (χ2n) is 7.07. The summed E-state index contributed by atoms with van der Waals surface area (Å²) < 4.78 is 15.1. The molecule has 30 heavy (non-hydrogen) atoms. The molecule has 1 atom stereocenters. The van der Waals surface area contributed by atoms with Gasteiger partial charge in [-0.3, -0.25) is 4.98 Å². The molecule has 1 unspecified atom stereocenters. The smallest absolute Gasteiger partial charge is 0.158 e. The number of hydrogen-bond acceptors (Lipinski definition) is 3. The summed E-state index contributed by atoms with van der Waals surface area (Å²) in [6, 6.07) is 25.7. The Kier molecular flexibility index (Phi) is 4.73. The quantitative estimate of drug-likeness (QED) is 0.386. The summed E-state index contributed by atoms with van der Waals surface area (Å²) in [7, 11) is -1.40. The fourth-order valence-corrected chi connectivity index (χ4v) is 4.79. The minimum atomic E-state index is -1.40. The van der Waals surface area contributed by atoms with Crippen LogP contribution in [0.4, 0.5) is 0 Å². The number of hydrogen-bond donors (Lipinski definition) is 0. The van der Waals surface area contributed by atoms with Crippen LogP contribution in [0.25, 0.3) is 33.4 Å². The summed E-state index contributed by atoms with van der Waals surface area (Å²) in [5, 5.41) is 0.948. The number of aryl methyl sites for hydroxylation is 1. The first-order valence-corrected chi connectivity index (χ1v) is 10.8. The summed E-state index contributed by atoms with van der Waals surface area (Å²) in [6.07, 6.45) is 5.47. The summed E-state index contributed by atoms with van der Waals surface area (Å²) in [6.45, 7) is 2.07. The van der Waals surface area contributed by atoms with Gasteiger partial charge in [0.2, 0.25) is 0 Å². The van der Waals surface area contributed by atoms with E-state index < -0.39 is 11.0 Å². The third-order valence-electron chi connectivity index (χ3n) is 5.04. The van der Waals surface area contributed by atoms with Crippen molar-refractivity contribution in [1.82, 2.24) is 13.9 Å². The monoisotopic (exact) mass is 409 g/mol. The van der Waals surface area contributed by atoms with Crippen LogP contribution in [0.5, 0.6) is 0 Å². The molecule has 5 heteroatoms. The van der Waals surface area contributed by atoms with E-state index in [0.29, 0.717) is 5.65 Å². The Bertz CT molecular complexity index is 1380. The Balaban J connectivity index is 1.74. The van der Waals surface area contributed by atoms with Crippen molar-refractivity contribution in [3.63, 3.8) is 0 Å². The van der Waals surface area contributed by atoms with Crippen molar-refractivity contribution < 1.29 is 4.21 Å². The van der Waals surface area contributed by atoms with Crippen molar-refractivity contribution in [3.8, 4) is 22.4 Å². The maximum absolute atomic E-state index is 13.3. The zero-order valence-corrected chi connectivity index (χ0v) is 17.2. The van der Waals surface area contributed by atoms with Gasteiger partial charge in [-0.25, -0.2) is 13.2 Å². The van der Waals surface area contributed by atoms with Crippen molar-refractivity contribution in [1.29, 1.82) is 0 Å². The van der Waals surface area contributed by atoms with Gasteiger partial charge in [0.15, 0.2) is 16.6 Å². The van der Waals surface area contributed by atoms with E-state index >= 15 is 0 Å². The predicted octanol–water partition coefficient (Wildman–Crippen LogP) is 5.64. The largest absolute Gasteiger partial charge is 0.256 e.